The van der Waals surface area contributed by atoms with Gasteiger partial charge in [-0.2, -0.15) is 0 Å². The van der Waals surface area contributed by atoms with E-state index in [9.17, 15) is 0 Å². The van der Waals surface area contributed by atoms with Crippen LogP contribution in [0.3, 0.4) is 0 Å². The van der Waals surface area contributed by atoms with Gasteiger partial charge in [-0.3, -0.25) is 4.90 Å². The molecule has 0 aliphatic carbocycles. The van der Waals surface area contributed by atoms with Gasteiger partial charge in [-0.25, -0.2) is 0 Å². The van der Waals surface area contributed by atoms with E-state index < -0.39 is 0 Å². The molecule has 104 valence electrons. The first-order chi connectivity index (χ1) is 9.28. The highest BCUT2D eigenvalue weighted by Crippen LogP contribution is 2.29. The molecule has 1 aromatic rings. The maximum atomic E-state index is 5.94. The van der Waals surface area contributed by atoms with Crippen LogP contribution >= 0.6 is 0 Å². The lowest BCUT2D eigenvalue weighted by atomic mass is 9.95. The lowest BCUT2D eigenvalue weighted by molar-refractivity contribution is 0.0892. The van der Waals surface area contributed by atoms with Crippen LogP contribution in [0.15, 0.2) is 18.2 Å². The fourth-order valence-corrected chi connectivity index (χ4v) is 3.43. The predicted octanol–water partition coefficient (Wildman–Crippen LogP) is 2.32. The fourth-order valence-electron chi connectivity index (χ4n) is 3.43. The SMILES string of the molecule is CC1CCCC(CN)N1Cc1ccc2c(c1)CCO2. The van der Waals surface area contributed by atoms with E-state index in [0.29, 0.717) is 12.1 Å². The second-order valence-electron chi connectivity index (χ2n) is 5.88. The molecule has 3 nitrogen and oxygen atoms in total. The number of rotatable bonds is 3. The van der Waals surface area contributed by atoms with Crippen LogP contribution in [0.1, 0.15) is 37.3 Å². The van der Waals surface area contributed by atoms with Gasteiger partial charge in [0, 0.05) is 31.6 Å². The maximum Gasteiger partial charge on any atom is 0.122 e. The number of ether oxygens (including phenoxy) is 1. The number of benzene rings is 1. The first-order valence-corrected chi connectivity index (χ1v) is 7.48. The van der Waals surface area contributed by atoms with Crippen molar-refractivity contribution in [2.75, 3.05) is 13.2 Å². The van der Waals surface area contributed by atoms with E-state index in [-0.39, 0.29) is 0 Å². The molecule has 1 saturated heterocycles. The van der Waals surface area contributed by atoms with Gasteiger partial charge in [-0.05, 0) is 37.0 Å². The van der Waals surface area contributed by atoms with E-state index in [1.54, 1.807) is 0 Å². The van der Waals surface area contributed by atoms with Gasteiger partial charge in [0.25, 0.3) is 0 Å². The largest absolute Gasteiger partial charge is 0.493 e. The Hall–Kier alpha value is -1.06. The molecule has 1 aromatic carbocycles. The van der Waals surface area contributed by atoms with Gasteiger partial charge in [0.2, 0.25) is 0 Å². The number of likely N-dealkylation sites (tertiary alicyclic amines) is 1. The van der Waals surface area contributed by atoms with Crippen molar-refractivity contribution in [2.24, 2.45) is 5.73 Å². The fraction of sp³-hybridized carbons (Fsp3) is 0.625. The summed E-state index contributed by atoms with van der Waals surface area (Å²) in [5, 5.41) is 0. The van der Waals surface area contributed by atoms with Gasteiger partial charge in [-0.15, -0.1) is 0 Å². The van der Waals surface area contributed by atoms with E-state index in [1.165, 1.54) is 30.4 Å². The number of fused-ring (bicyclic) bond motifs is 1. The molecule has 2 aliphatic rings. The van der Waals surface area contributed by atoms with Crippen molar-refractivity contribution in [3.8, 4) is 5.75 Å². The summed E-state index contributed by atoms with van der Waals surface area (Å²) in [4.78, 5) is 2.58. The van der Waals surface area contributed by atoms with Crippen molar-refractivity contribution in [1.82, 2.24) is 4.90 Å². The van der Waals surface area contributed by atoms with Crippen LogP contribution in [0, 0.1) is 0 Å². The van der Waals surface area contributed by atoms with Gasteiger partial charge < -0.3 is 10.5 Å². The molecule has 1 fully saturated rings. The lowest BCUT2D eigenvalue weighted by Crippen LogP contribution is -2.48. The third-order valence-corrected chi connectivity index (χ3v) is 4.59. The molecule has 0 amide bonds. The van der Waals surface area contributed by atoms with Gasteiger partial charge in [0.1, 0.15) is 5.75 Å². The summed E-state index contributed by atoms with van der Waals surface area (Å²) >= 11 is 0. The van der Waals surface area contributed by atoms with Crippen LogP contribution in [0.25, 0.3) is 0 Å². The Labute approximate surface area is 115 Å². The average molecular weight is 260 g/mol. The summed E-state index contributed by atoms with van der Waals surface area (Å²) in [6, 6.07) is 7.85. The molecule has 3 heteroatoms. The predicted molar refractivity (Wildman–Crippen MR) is 77.3 cm³/mol. The van der Waals surface area contributed by atoms with Gasteiger partial charge in [0.05, 0.1) is 6.61 Å². The van der Waals surface area contributed by atoms with Crippen molar-refractivity contribution in [3.63, 3.8) is 0 Å². The molecule has 2 aliphatic heterocycles. The summed E-state index contributed by atoms with van der Waals surface area (Å²) in [7, 11) is 0. The third-order valence-electron chi connectivity index (χ3n) is 4.59. The number of hydrogen-bond donors (Lipinski definition) is 1. The Balaban J connectivity index is 1.75. The van der Waals surface area contributed by atoms with Crippen LogP contribution in [0.2, 0.25) is 0 Å². The van der Waals surface area contributed by atoms with Crippen LogP contribution in [-0.4, -0.2) is 30.1 Å². The van der Waals surface area contributed by atoms with E-state index in [4.69, 9.17) is 10.5 Å². The zero-order valence-electron chi connectivity index (χ0n) is 11.8. The summed E-state index contributed by atoms with van der Waals surface area (Å²) in [5.41, 5.74) is 8.70. The third kappa shape index (κ3) is 2.63. The molecule has 19 heavy (non-hydrogen) atoms. The topological polar surface area (TPSA) is 38.5 Å². The zero-order valence-corrected chi connectivity index (χ0v) is 11.8. The minimum atomic E-state index is 0.549. The van der Waals surface area contributed by atoms with Gasteiger partial charge in [-0.1, -0.05) is 18.6 Å². The second-order valence-corrected chi connectivity index (χ2v) is 5.88. The van der Waals surface area contributed by atoms with Crippen molar-refractivity contribution in [3.05, 3.63) is 29.3 Å². The smallest absolute Gasteiger partial charge is 0.122 e. The molecule has 0 aromatic heterocycles. The van der Waals surface area contributed by atoms with Crippen LogP contribution in [0.5, 0.6) is 5.75 Å². The number of nitrogens with two attached hydrogens (primary N) is 1. The standard InChI is InChI=1S/C16H24N2O/c1-12-3-2-4-15(10-17)18(12)11-13-5-6-16-14(9-13)7-8-19-16/h5-6,9,12,15H,2-4,7-8,10-11,17H2,1H3. The Morgan fingerprint density at radius 1 is 1.37 bits per heavy atom. The minimum absolute atomic E-state index is 0.549. The van der Waals surface area contributed by atoms with Crippen molar-refractivity contribution >= 4 is 0 Å². The van der Waals surface area contributed by atoms with Gasteiger partial charge in [0.15, 0.2) is 0 Å². The monoisotopic (exact) mass is 260 g/mol. The van der Waals surface area contributed by atoms with Crippen molar-refractivity contribution in [1.29, 1.82) is 0 Å². The molecule has 2 heterocycles. The van der Waals surface area contributed by atoms with E-state index in [1.807, 2.05) is 0 Å². The highest BCUT2D eigenvalue weighted by molar-refractivity contribution is 5.39. The lowest BCUT2D eigenvalue weighted by Gasteiger charge is -2.40. The highest BCUT2D eigenvalue weighted by atomic mass is 16.5. The van der Waals surface area contributed by atoms with Crippen molar-refractivity contribution < 1.29 is 4.74 Å². The number of hydrogen-bond acceptors (Lipinski definition) is 3. The number of nitrogens with zero attached hydrogens (tertiary/aromatic N) is 1. The zero-order chi connectivity index (χ0) is 13.2. The van der Waals surface area contributed by atoms with E-state index in [2.05, 4.69) is 30.0 Å². The Morgan fingerprint density at radius 3 is 3.11 bits per heavy atom. The Kier molecular flexibility index (Phi) is 3.76. The molecule has 2 atom stereocenters. The summed E-state index contributed by atoms with van der Waals surface area (Å²) in [6.45, 7) is 4.97. The second kappa shape index (κ2) is 5.51. The Morgan fingerprint density at radius 2 is 2.26 bits per heavy atom. The van der Waals surface area contributed by atoms with Crippen LogP contribution in [-0.2, 0) is 13.0 Å². The molecule has 3 rings (SSSR count). The molecule has 2 unspecified atom stereocenters. The van der Waals surface area contributed by atoms with Crippen molar-refractivity contribution in [2.45, 2.75) is 51.2 Å². The summed E-state index contributed by atoms with van der Waals surface area (Å²) < 4.78 is 5.57. The molecular formula is C16H24N2O. The maximum absolute atomic E-state index is 5.94. The van der Waals surface area contributed by atoms with E-state index >= 15 is 0 Å². The first-order valence-electron chi connectivity index (χ1n) is 7.48. The van der Waals surface area contributed by atoms with Crippen LogP contribution < -0.4 is 10.5 Å². The average Bonchev–Trinajstić information content (AvgIpc) is 2.88. The molecule has 2 N–H and O–H groups in total. The summed E-state index contributed by atoms with van der Waals surface area (Å²) in [6.07, 6.45) is 4.91. The number of piperidine rings is 1. The first kappa shape index (κ1) is 12.9. The quantitative estimate of drug-likeness (QED) is 0.906. The Bertz CT molecular complexity index is 446. The normalized spacial score (nSPS) is 27.1. The molecule has 0 radical (unpaired) electrons. The molecule has 0 spiro atoms. The van der Waals surface area contributed by atoms with Crippen LogP contribution in [0.4, 0.5) is 0 Å². The highest BCUT2D eigenvalue weighted by Gasteiger charge is 2.27. The van der Waals surface area contributed by atoms with Gasteiger partial charge >= 0.3 is 0 Å². The minimum Gasteiger partial charge on any atom is -0.493 e. The molecule has 0 saturated carbocycles. The van der Waals surface area contributed by atoms with E-state index in [0.717, 1.165) is 31.9 Å². The molecular weight excluding hydrogens is 236 g/mol. The summed E-state index contributed by atoms with van der Waals surface area (Å²) in [5.74, 6) is 1.07. The molecule has 0 bridgehead atoms.